The Bertz CT molecular complexity index is 784. The SMILES string of the molecule is CC(=O)Nc1ccc(NC(=O)[C@H](C)OC(=O)c2ccccc2C)cc1. The number of anilines is 2. The van der Waals surface area contributed by atoms with Crippen molar-refractivity contribution in [3.8, 4) is 0 Å². The van der Waals surface area contributed by atoms with E-state index in [0.717, 1.165) is 5.56 Å². The molecule has 130 valence electrons. The zero-order valence-corrected chi connectivity index (χ0v) is 14.3. The molecule has 0 fully saturated rings. The highest BCUT2D eigenvalue weighted by atomic mass is 16.5. The van der Waals surface area contributed by atoms with Crippen LogP contribution in [0.25, 0.3) is 0 Å². The number of hydrogen-bond acceptors (Lipinski definition) is 4. The lowest BCUT2D eigenvalue weighted by Gasteiger charge is -2.14. The number of hydrogen-bond donors (Lipinski definition) is 2. The molecular formula is C19H20N2O4. The van der Waals surface area contributed by atoms with Crippen molar-refractivity contribution in [3.63, 3.8) is 0 Å². The molecular weight excluding hydrogens is 320 g/mol. The first-order chi connectivity index (χ1) is 11.9. The van der Waals surface area contributed by atoms with Crippen molar-refractivity contribution >= 4 is 29.2 Å². The van der Waals surface area contributed by atoms with E-state index in [1.54, 1.807) is 49.4 Å². The number of ether oxygens (including phenoxy) is 1. The summed E-state index contributed by atoms with van der Waals surface area (Å²) in [5, 5.41) is 5.30. The van der Waals surface area contributed by atoms with Crippen molar-refractivity contribution < 1.29 is 19.1 Å². The molecule has 1 atom stereocenters. The largest absolute Gasteiger partial charge is 0.449 e. The Morgan fingerprint density at radius 1 is 0.920 bits per heavy atom. The average Bonchev–Trinajstić information content (AvgIpc) is 2.56. The maximum Gasteiger partial charge on any atom is 0.339 e. The molecule has 2 N–H and O–H groups in total. The maximum absolute atomic E-state index is 12.2. The Labute approximate surface area is 146 Å². The van der Waals surface area contributed by atoms with Gasteiger partial charge in [-0.25, -0.2) is 4.79 Å². The van der Waals surface area contributed by atoms with Gasteiger partial charge >= 0.3 is 5.97 Å². The van der Waals surface area contributed by atoms with Gasteiger partial charge in [-0.1, -0.05) is 18.2 Å². The Morgan fingerprint density at radius 3 is 2.04 bits per heavy atom. The Hall–Kier alpha value is -3.15. The highest BCUT2D eigenvalue weighted by Gasteiger charge is 2.20. The molecule has 2 aromatic carbocycles. The van der Waals surface area contributed by atoms with Gasteiger partial charge in [0, 0.05) is 18.3 Å². The van der Waals surface area contributed by atoms with Gasteiger partial charge in [-0.15, -0.1) is 0 Å². The average molecular weight is 340 g/mol. The van der Waals surface area contributed by atoms with Crippen LogP contribution < -0.4 is 10.6 Å². The molecule has 6 heteroatoms. The summed E-state index contributed by atoms with van der Waals surface area (Å²) in [6.45, 7) is 4.73. The minimum atomic E-state index is -0.942. The molecule has 0 aromatic heterocycles. The van der Waals surface area contributed by atoms with E-state index in [0.29, 0.717) is 16.9 Å². The molecule has 0 bridgehead atoms. The van der Waals surface area contributed by atoms with Crippen molar-refractivity contribution in [3.05, 3.63) is 59.7 Å². The maximum atomic E-state index is 12.2. The van der Waals surface area contributed by atoms with Crippen molar-refractivity contribution in [2.24, 2.45) is 0 Å². The number of rotatable bonds is 5. The molecule has 0 saturated carbocycles. The van der Waals surface area contributed by atoms with Gasteiger partial charge in [0.1, 0.15) is 0 Å². The summed E-state index contributed by atoms with van der Waals surface area (Å²) < 4.78 is 5.22. The van der Waals surface area contributed by atoms with Gasteiger partial charge in [0.25, 0.3) is 5.91 Å². The number of carbonyl (C=O) groups excluding carboxylic acids is 3. The Morgan fingerprint density at radius 2 is 1.48 bits per heavy atom. The normalized spacial score (nSPS) is 11.3. The predicted octanol–water partition coefficient (Wildman–Crippen LogP) is 3.14. The molecule has 2 amide bonds. The van der Waals surface area contributed by atoms with E-state index in [4.69, 9.17) is 4.74 Å². The fraction of sp³-hybridized carbons (Fsp3) is 0.211. The zero-order valence-electron chi connectivity index (χ0n) is 14.3. The second kappa shape index (κ2) is 8.10. The van der Waals surface area contributed by atoms with Gasteiger partial charge in [-0.2, -0.15) is 0 Å². The van der Waals surface area contributed by atoms with E-state index < -0.39 is 18.0 Å². The quantitative estimate of drug-likeness (QED) is 0.819. The number of carbonyl (C=O) groups is 3. The molecule has 0 spiro atoms. The second-order valence-corrected chi connectivity index (χ2v) is 5.61. The summed E-state index contributed by atoms with van der Waals surface area (Å²) >= 11 is 0. The summed E-state index contributed by atoms with van der Waals surface area (Å²) in [5.74, 6) is -1.15. The minimum Gasteiger partial charge on any atom is -0.449 e. The first kappa shape index (κ1) is 18.2. The van der Waals surface area contributed by atoms with Crippen LogP contribution in [0.3, 0.4) is 0 Å². The Balaban J connectivity index is 1.95. The summed E-state index contributed by atoms with van der Waals surface area (Å²) in [7, 11) is 0. The van der Waals surface area contributed by atoms with E-state index in [-0.39, 0.29) is 5.91 Å². The van der Waals surface area contributed by atoms with E-state index >= 15 is 0 Å². The van der Waals surface area contributed by atoms with E-state index in [9.17, 15) is 14.4 Å². The third-order valence-corrected chi connectivity index (χ3v) is 3.49. The van der Waals surface area contributed by atoms with E-state index in [1.165, 1.54) is 13.8 Å². The second-order valence-electron chi connectivity index (χ2n) is 5.61. The number of benzene rings is 2. The van der Waals surface area contributed by atoms with Crippen LogP contribution in [-0.4, -0.2) is 23.9 Å². The highest BCUT2D eigenvalue weighted by Crippen LogP contribution is 2.15. The molecule has 0 heterocycles. The smallest absolute Gasteiger partial charge is 0.339 e. The van der Waals surface area contributed by atoms with Crippen LogP contribution in [0.4, 0.5) is 11.4 Å². The van der Waals surface area contributed by atoms with Crippen LogP contribution >= 0.6 is 0 Å². The number of esters is 1. The monoisotopic (exact) mass is 340 g/mol. The van der Waals surface area contributed by atoms with Gasteiger partial charge in [-0.3, -0.25) is 9.59 Å². The molecule has 2 rings (SSSR count). The van der Waals surface area contributed by atoms with Crippen molar-refractivity contribution in [2.75, 3.05) is 10.6 Å². The van der Waals surface area contributed by atoms with Gasteiger partial charge in [0.2, 0.25) is 5.91 Å². The summed E-state index contributed by atoms with van der Waals surface area (Å²) in [6.07, 6.45) is -0.942. The molecule has 0 aliphatic carbocycles. The molecule has 0 saturated heterocycles. The first-order valence-electron chi connectivity index (χ1n) is 7.82. The number of nitrogens with one attached hydrogen (secondary N) is 2. The fourth-order valence-corrected chi connectivity index (χ4v) is 2.16. The molecule has 6 nitrogen and oxygen atoms in total. The van der Waals surface area contributed by atoms with Gasteiger partial charge in [0.15, 0.2) is 6.10 Å². The summed E-state index contributed by atoms with van der Waals surface area (Å²) in [5.41, 5.74) is 2.39. The van der Waals surface area contributed by atoms with Crippen molar-refractivity contribution in [1.82, 2.24) is 0 Å². The van der Waals surface area contributed by atoms with Gasteiger partial charge in [0.05, 0.1) is 5.56 Å². The molecule has 0 aliphatic heterocycles. The van der Waals surface area contributed by atoms with Crippen molar-refractivity contribution in [2.45, 2.75) is 26.9 Å². The molecule has 2 aromatic rings. The van der Waals surface area contributed by atoms with E-state index in [1.807, 2.05) is 6.07 Å². The topological polar surface area (TPSA) is 84.5 Å². The van der Waals surface area contributed by atoms with Crippen molar-refractivity contribution in [1.29, 1.82) is 0 Å². The third-order valence-electron chi connectivity index (χ3n) is 3.49. The highest BCUT2D eigenvalue weighted by molar-refractivity contribution is 5.98. The zero-order chi connectivity index (χ0) is 18.4. The van der Waals surface area contributed by atoms with Crippen LogP contribution in [0.15, 0.2) is 48.5 Å². The summed E-state index contributed by atoms with van der Waals surface area (Å²) in [6, 6.07) is 13.7. The minimum absolute atomic E-state index is 0.173. The molecule has 0 aliphatic rings. The fourth-order valence-electron chi connectivity index (χ4n) is 2.16. The lowest BCUT2D eigenvalue weighted by Crippen LogP contribution is -2.30. The van der Waals surface area contributed by atoms with Crippen LogP contribution in [0.2, 0.25) is 0 Å². The molecule has 0 unspecified atom stereocenters. The standard InChI is InChI=1S/C19H20N2O4/c1-12-6-4-5-7-17(12)19(24)25-13(2)18(23)21-16-10-8-15(9-11-16)20-14(3)22/h4-11,13H,1-3H3,(H,20,22)(H,21,23)/t13-/m0/s1. The third kappa shape index (κ3) is 5.17. The lowest BCUT2D eigenvalue weighted by molar-refractivity contribution is -0.123. The lowest BCUT2D eigenvalue weighted by atomic mass is 10.1. The molecule has 0 radical (unpaired) electrons. The van der Waals surface area contributed by atoms with Crippen LogP contribution in [-0.2, 0) is 14.3 Å². The first-order valence-corrected chi connectivity index (χ1v) is 7.82. The molecule has 25 heavy (non-hydrogen) atoms. The Kier molecular flexibility index (Phi) is 5.89. The number of amides is 2. The predicted molar refractivity (Wildman–Crippen MR) is 95.4 cm³/mol. The van der Waals surface area contributed by atoms with Crippen LogP contribution in [0, 0.1) is 6.92 Å². The van der Waals surface area contributed by atoms with Crippen LogP contribution in [0.1, 0.15) is 29.8 Å². The van der Waals surface area contributed by atoms with Crippen LogP contribution in [0.5, 0.6) is 0 Å². The number of aryl methyl sites for hydroxylation is 1. The van der Waals surface area contributed by atoms with E-state index in [2.05, 4.69) is 10.6 Å². The summed E-state index contributed by atoms with van der Waals surface area (Å²) in [4.78, 5) is 35.3. The van der Waals surface area contributed by atoms with Gasteiger partial charge in [-0.05, 0) is 49.7 Å². The van der Waals surface area contributed by atoms with Gasteiger partial charge < -0.3 is 15.4 Å².